The fourth-order valence-corrected chi connectivity index (χ4v) is 2.24. The van der Waals surface area contributed by atoms with Crippen LogP contribution in [0.3, 0.4) is 0 Å². The Bertz CT molecular complexity index is 969. The molecule has 0 saturated heterocycles. The zero-order valence-electron chi connectivity index (χ0n) is 13.5. The van der Waals surface area contributed by atoms with Crippen LogP contribution in [0.15, 0.2) is 54.9 Å². The van der Waals surface area contributed by atoms with Gasteiger partial charge in [0.05, 0.1) is 16.9 Å². The number of hydrogen-bond donors (Lipinski definition) is 3. The van der Waals surface area contributed by atoms with Gasteiger partial charge in [-0.2, -0.15) is 10.2 Å². The van der Waals surface area contributed by atoms with Crippen molar-refractivity contribution in [1.82, 2.24) is 15.0 Å². The number of benzene rings is 1. The van der Waals surface area contributed by atoms with Crippen LogP contribution >= 0.6 is 0 Å². The highest BCUT2D eigenvalue weighted by Crippen LogP contribution is 2.24. The predicted molar refractivity (Wildman–Crippen MR) is 95.8 cm³/mol. The summed E-state index contributed by atoms with van der Waals surface area (Å²) in [6.07, 6.45) is 3.28. The van der Waals surface area contributed by atoms with E-state index in [-0.39, 0.29) is 12.5 Å². The first-order chi connectivity index (χ1) is 12.7. The zero-order valence-corrected chi connectivity index (χ0v) is 13.5. The first-order valence-corrected chi connectivity index (χ1v) is 7.67. The molecule has 0 spiro atoms. The van der Waals surface area contributed by atoms with Crippen LogP contribution in [0, 0.1) is 11.3 Å². The summed E-state index contributed by atoms with van der Waals surface area (Å²) in [4.78, 5) is 23.4. The van der Waals surface area contributed by atoms with Crippen LogP contribution in [-0.4, -0.2) is 32.6 Å². The summed E-state index contributed by atoms with van der Waals surface area (Å²) in [5.41, 5.74) is 2.46. The number of anilines is 3. The molecule has 0 saturated carbocycles. The first kappa shape index (κ1) is 16.9. The van der Waals surface area contributed by atoms with Crippen LogP contribution < -0.4 is 10.6 Å². The molecular weight excluding hydrogens is 332 g/mol. The van der Waals surface area contributed by atoms with Gasteiger partial charge >= 0.3 is 5.97 Å². The van der Waals surface area contributed by atoms with Gasteiger partial charge in [-0.15, -0.1) is 0 Å². The Kier molecular flexibility index (Phi) is 5.00. The van der Waals surface area contributed by atoms with Gasteiger partial charge in [0, 0.05) is 24.0 Å². The highest BCUT2D eigenvalue weighted by atomic mass is 16.4. The number of nitrogens with one attached hydrogen (secondary N) is 2. The normalized spacial score (nSPS) is 9.96. The van der Waals surface area contributed by atoms with Crippen LogP contribution in [0.2, 0.25) is 0 Å². The lowest BCUT2D eigenvalue weighted by atomic mass is 10.2. The van der Waals surface area contributed by atoms with E-state index < -0.39 is 5.97 Å². The van der Waals surface area contributed by atoms with E-state index in [2.05, 4.69) is 31.7 Å². The molecule has 0 aliphatic heterocycles. The molecule has 3 aromatic rings. The van der Waals surface area contributed by atoms with Crippen molar-refractivity contribution < 1.29 is 9.90 Å². The Balaban J connectivity index is 1.99. The molecule has 0 fully saturated rings. The van der Waals surface area contributed by atoms with Crippen LogP contribution in [0.4, 0.5) is 17.5 Å². The van der Waals surface area contributed by atoms with E-state index in [0.29, 0.717) is 22.8 Å². The van der Waals surface area contributed by atoms with Crippen molar-refractivity contribution in [3.8, 4) is 17.3 Å². The van der Waals surface area contributed by atoms with Gasteiger partial charge in [0.1, 0.15) is 18.4 Å². The first-order valence-electron chi connectivity index (χ1n) is 7.67. The number of hydrogen-bond acceptors (Lipinski definition) is 7. The smallest absolute Gasteiger partial charge is 0.322 e. The van der Waals surface area contributed by atoms with Gasteiger partial charge in [0.25, 0.3) is 0 Å². The molecule has 0 aliphatic carbocycles. The van der Waals surface area contributed by atoms with E-state index >= 15 is 0 Å². The minimum Gasteiger partial charge on any atom is -0.480 e. The third-order valence-corrected chi connectivity index (χ3v) is 3.41. The molecule has 0 aliphatic rings. The topological polar surface area (TPSA) is 124 Å². The highest BCUT2D eigenvalue weighted by Gasteiger charge is 2.09. The van der Waals surface area contributed by atoms with E-state index in [1.807, 2.05) is 0 Å². The van der Waals surface area contributed by atoms with Crippen LogP contribution in [-0.2, 0) is 4.79 Å². The number of aliphatic carboxylic acids is 1. The van der Waals surface area contributed by atoms with Crippen molar-refractivity contribution >= 4 is 23.4 Å². The van der Waals surface area contributed by atoms with Crippen molar-refractivity contribution in [1.29, 1.82) is 5.26 Å². The van der Waals surface area contributed by atoms with Crippen molar-refractivity contribution in [2.24, 2.45) is 0 Å². The minimum atomic E-state index is -1.02. The number of rotatable bonds is 6. The summed E-state index contributed by atoms with van der Waals surface area (Å²) < 4.78 is 0. The molecule has 2 heterocycles. The number of para-hydroxylation sites is 1. The molecule has 8 heteroatoms. The SMILES string of the molecule is N#Cc1ccccc1Nc1cc(-c2ccncc2)nc(NCC(=O)O)n1. The van der Waals surface area contributed by atoms with Crippen LogP contribution in [0.5, 0.6) is 0 Å². The molecule has 0 amide bonds. The third kappa shape index (κ3) is 4.10. The number of carboxylic acids is 1. The number of nitrogens with zero attached hydrogens (tertiary/aromatic N) is 4. The zero-order chi connectivity index (χ0) is 18.4. The number of pyridine rings is 1. The summed E-state index contributed by atoms with van der Waals surface area (Å²) in [5, 5.41) is 23.8. The van der Waals surface area contributed by atoms with Crippen LogP contribution in [0.1, 0.15) is 5.56 Å². The van der Waals surface area contributed by atoms with Gasteiger partial charge in [-0.05, 0) is 24.3 Å². The van der Waals surface area contributed by atoms with Crippen molar-refractivity contribution in [3.63, 3.8) is 0 Å². The summed E-state index contributed by atoms with van der Waals surface area (Å²) in [7, 11) is 0. The molecule has 0 bridgehead atoms. The summed E-state index contributed by atoms with van der Waals surface area (Å²) in [6, 6.07) is 14.4. The highest BCUT2D eigenvalue weighted by molar-refractivity contribution is 5.73. The lowest BCUT2D eigenvalue weighted by Crippen LogP contribution is -2.15. The molecule has 8 nitrogen and oxygen atoms in total. The standard InChI is InChI=1S/C18H14N6O2/c19-10-13-3-1-2-4-14(13)22-16-9-15(12-5-7-20-8-6-12)23-18(24-16)21-11-17(25)26/h1-9H,11H2,(H,25,26)(H2,21,22,23,24). The largest absolute Gasteiger partial charge is 0.480 e. The minimum absolute atomic E-state index is 0.165. The van der Waals surface area contributed by atoms with Gasteiger partial charge in [-0.3, -0.25) is 9.78 Å². The molecular formula is C18H14N6O2. The second-order valence-corrected chi connectivity index (χ2v) is 5.23. The predicted octanol–water partition coefficient (Wildman–Crippen LogP) is 2.65. The molecule has 0 unspecified atom stereocenters. The summed E-state index contributed by atoms with van der Waals surface area (Å²) >= 11 is 0. The Labute approximate surface area is 149 Å². The lowest BCUT2D eigenvalue weighted by Gasteiger charge is -2.11. The van der Waals surface area contributed by atoms with Crippen molar-refractivity contribution in [2.45, 2.75) is 0 Å². The van der Waals surface area contributed by atoms with E-state index in [1.165, 1.54) is 0 Å². The lowest BCUT2D eigenvalue weighted by molar-refractivity contribution is -0.134. The van der Waals surface area contributed by atoms with Gasteiger partial charge < -0.3 is 15.7 Å². The average molecular weight is 346 g/mol. The van der Waals surface area contributed by atoms with Gasteiger partial charge in [-0.25, -0.2) is 4.98 Å². The Morgan fingerprint density at radius 2 is 1.92 bits per heavy atom. The summed E-state index contributed by atoms with van der Waals surface area (Å²) in [5.74, 6) is -0.423. The average Bonchev–Trinajstić information content (AvgIpc) is 2.67. The Morgan fingerprint density at radius 3 is 2.65 bits per heavy atom. The van der Waals surface area contributed by atoms with Gasteiger partial charge in [0.15, 0.2) is 0 Å². The van der Waals surface area contributed by atoms with E-state index in [4.69, 9.17) is 5.11 Å². The fourth-order valence-electron chi connectivity index (χ4n) is 2.24. The number of nitriles is 1. The molecule has 2 aromatic heterocycles. The maximum atomic E-state index is 10.8. The maximum absolute atomic E-state index is 10.8. The monoisotopic (exact) mass is 346 g/mol. The van der Waals surface area contributed by atoms with Gasteiger partial charge in [0.2, 0.25) is 5.95 Å². The Morgan fingerprint density at radius 1 is 1.15 bits per heavy atom. The van der Waals surface area contributed by atoms with E-state index in [1.54, 1.807) is 54.9 Å². The molecule has 0 radical (unpaired) electrons. The van der Waals surface area contributed by atoms with E-state index in [9.17, 15) is 10.1 Å². The van der Waals surface area contributed by atoms with E-state index in [0.717, 1.165) is 5.56 Å². The second kappa shape index (κ2) is 7.72. The van der Waals surface area contributed by atoms with Crippen LogP contribution in [0.25, 0.3) is 11.3 Å². The molecule has 3 rings (SSSR count). The number of carboxylic acid groups (broad SMARTS) is 1. The molecule has 128 valence electrons. The summed E-state index contributed by atoms with van der Waals surface area (Å²) in [6.45, 7) is -0.311. The second-order valence-electron chi connectivity index (χ2n) is 5.23. The Hall–Kier alpha value is -3.99. The molecule has 26 heavy (non-hydrogen) atoms. The number of aromatic nitrogens is 3. The van der Waals surface area contributed by atoms with Gasteiger partial charge in [-0.1, -0.05) is 12.1 Å². The molecule has 0 atom stereocenters. The van der Waals surface area contributed by atoms with Crippen molar-refractivity contribution in [3.05, 3.63) is 60.4 Å². The number of carbonyl (C=O) groups is 1. The maximum Gasteiger partial charge on any atom is 0.322 e. The van der Waals surface area contributed by atoms with Crippen molar-refractivity contribution in [2.75, 3.05) is 17.2 Å². The fraction of sp³-hybridized carbons (Fsp3) is 0.0556. The molecule has 1 aromatic carbocycles. The third-order valence-electron chi connectivity index (χ3n) is 3.41. The molecule has 3 N–H and O–H groups in total. The quantitative estimate of drug-likeness (QED) is 0.622.